The smallest absolute Gasteiger partial charge is 0.138 e. The van der Waals surface area contributed by atoms with Crippen LogP contribution in [0.5, 0.6) is 5.75 Å². The Bertz CT molecular complexity index is 363. The standard InChI is InChI=1S/C14H20ClNO/c1-2-16-11-10-14(8-5-9-14)17-13-7-4-3-6-12(13)15/h3-4,6-7,16H,2,5,8-11H2,1H3. The summed E-state index contributed by atoms with van der Waals surface area (Å²) in [6.07, 6.45) is 4.61. The maximum Gasteiger partial charge on any atom is 0.138 e. The van der Waals surface area contributed by atoms with Gasteiger partial charge in [-0.05, 0) is 50.9 Å². The number of nitrogens with one attached hydrogen (secondary N) is 1. The summed E-state index contributed by atoms with van der Waals surface area (Å²) in [4.78, 5) is 0. The number of para-hydroxylation sites is 1. The Kier molecular flexibility index (Phi) is 4.30. The van der Waals surface area contributed by atoms with Crippen molar-refractivity contribution in [2.24, 2.45) is 0 Å². The summed E-state index contributed by atoms with van der Waals surface area (Å²) in [5.74, 6) is 0.824. The molecule has 2 rings (SSSR count). The predicted molar refractivity (Wildman–Crippen MR) is 71.8 cm³/mol. The van der Waals surface area contributed by atoms with Crippen LogP contribution in [-0.2, 0) is 0 Å². The van der Waals surface area contributed by atoms with Crippen molar-refractivity contribution in [2.75, 3.05) is 13.1 Å². The molecule has 1 aromatic carbocycles. The molecule has 3 heteroatoms. The van der Waals surface area contributed by atoms with Crippen molar-refractivity contribution in [2.45, 2.75) is 38.2 Å². The van der Waals surface area contributed by atoms with E-state index in [0.29, 0.717) is 5.02 Å². The summed E-state index contributed by atoms with van der Waals surface area (Å²) in [7, 11) is 0. The van der Waals surface area contributed by atoms with Crippen LogP contribution < -0.4 is 10.1 Å². The van der Waals surface area contributed by atoms with Crippen molar-refractivity contribution in [3.8, 4) is 5.75 Å². The number of rotatable bonds is 6. The molecule has 1 aromatic rings. The fraction of sp³-hybridized carbons (Fsp3) is 0.571. The lowest BCUT2D eigenvalue weighted by atomic mass is 9.77. The first-order valence-electron chi connectivity index (χ1n) is 6.40. The maximum absolute atomic E-state index is 6.14. The van der Waals surface area contributed by atoms with Crippen LogP contribution in [0, 0.1) is 0 Å². The molecule has 1 N–H and O–H groups in total. The van der Waals surface area contributed by atoms with Crippen LogP contribution in [0.4, 0.5) is 0 Å². The third kappa shape index (κ3) is 3.14. The summed E-state index contributed by atoms with van der Waals surface area (Å²) in [5.41, 5.74) is 0.0210. The van der Waals surface area contributed by atoms with Gasteiger partial charge in [0.25, 0.3) is 0 Å². The first kappa shape index (κ1) is 12.7. The lowest BCUT2D eigenvalue weighted by Crippen LogP contribution is -2.45. The average Bonchev–Trinajstić information content (AvgIpc) is 2.28. The van der Waals surface area contributed by atoms with Crippen molar-refractivity contribution in [1.82, 2.24) is 5.32 Å². The third-order valence-corrected chi connectivity index (χ3v) is 3.75. The Morgan fingerprint density at radius 2 is 2.12 bits per heavy atom. The van der Waals surface area contributed by atoms with E-state index in [4.69, 9.17) is 16.3 Å². The highest BCUT2D eigenvalue weighted by Crippen LogP contribution is 2.40. The van der Waals surface area contributed by atoms with Gasteiger partial charge in [0.15, 0.2) is 0 Å². The highest BCUT2D eigenvalue weighted by Gasteiger charge is 2.39. The highest BCUT2D eigenvalue weighted by molar-refractivity contribution is 6.32. The van der Waals surface area contributed by atoms with E-state index in [1.54, 1.807) is 0 Å². The lowest BCUT2D eigenvalue weighted by molar-refractivity contribution is -0.0140. The molecule has 0 unspecified atom stereocenters. The molecule has 0 amide bonds. The fourth-order valence-electron chi connectivity index (χ4n) is 2.23. The van der Waals surface area contributed by atoms with Gasteiger partial charge in [0, 0.05) is 0 Å². The molecule has 0 aromatic heterocycles. The molecule has 0 radical (unpaired) electrons. The summed E-state index contributed by atoms with van der Waals surface area (Å²) >= 11 is 6.13. The van der Waals surface area contributed by atoms with Gasteiger partial charge in [-0.15, -0.1) is 0 Å². The zero-order valence-electron chi connectivity index (χ0n) is 10.3. The lowest BCUT2D eigenvalue weighted by Gasteiger charge is -2.42. The molecule has 0 heterocycles. The number of hydrogen-bond acceptors (Lipinski definition) is 2. The van der Waals surface area contributed by atoms with E-state index >= 15 is 0 Å². The van der Waals surface area contributed by atoms with Gasteiger partial charge in [-0.25, -0.2) is 0 Å². The van der Waals surface area contributed by atoms with Gasteiger partial charge in [-0.1, -0.05) is 30.7 Å². The Hall–Kier alpha value is -0.730. The normalized spacial score (nSPS) is 17.5. The van der Waals surface area contributed by atoms with Gasteiger partial charge in [0.2, 0.25) is 0 Å². The van der Waals surface area contributed by atoms with E-state index in [9.17, 15) is 0 Å². The van der Waals surface area contributed by atoms with Gasteiger partial charge in [-0.3, -0.25) is 0 Å². The largest absolute Gasteiger partial charge is 0.486 e. The first-order chi connectivity index (χ1) is 8.26. The summed E-state index contributed by atoms with van der Waals surface area (Å²) < 4.78 is 6.14. The minimum atomic E-state index is 0.0210. The van der Waals surface area contributed by atoms with Crippen molar-refractivity contribution < 1.29 is 4.74 Å². The van der Waals surface area contributed by atoms with Gasteiger partial charge in [0.05, 0.1) is 5.02 Å². The molecule has 1 aliphatic rings. The molecule has 0 aliphatic heterocycles. The molecular weight excluding hydrogens is 234 g/mol. The first-order valence-corrected chi connectivity index (χ1v) is 6.78. The second-order valence-corrected chi connectivity index (χ2v) is 5.08. The second-order valence-electron chi connectivity index (χ2n) is 4.67. The van der Waals surface area contributed by atoms with Crippen molar-refractivity contribution in [3.05, 3.63) is 29.3 Å². The Labute approximate surface area is 108 Å². The van der Waals surface area contributed by atoms with E-state index in [1.807, 2.05) is 24.3 Å². The fourth-order valence-corrected chi connectivity index (χ4v) is 2.40. The third-order valence-electron chi connectivity index (χ3n) is 3.44. The van der Waals surface area contributed by atoms with E-state index in [-0.39, 0.29) is 5.60 Å². The number of benzene rings is 1. The van der Waals surface area contributed by atoms with Gasteiger partial charge >= 0.3 is 0 Å². The molecule has 2 nitrogen and oxygen atoms in total. The van der Waals surface area contributed by atoms with Gasteiger partial charge in [-0.2, -0.15) is 0 Å². The van der Waals surface area contributed by atoms with Crippen molar-refractivity contribution in [1.29, 1.82) is 0 Å². The molecule has 0 saturated heterocycles. The summed E-state index contributed by atoms with van der Waals surface area (Å²) in [6.45, 7) is 4.16. The van der Waals surface area contributed by atoms with Crippen LogP contribution in [0.1, 0.15) is 32.6 Å². The number of halogens is 1. The van der Waals surface area contributed by atoms with E-state index in [1.165, 1.54) is 6.42 Å². The zero-order valence-corrected chi connectivity index (χ0v) is 11.1. The maximum atomic E-state index is 6.14. The van der Waals surface area contributed by atoms with Crippen molar-refractivity contribution >= 4 is 11.6 Å². The zero-order chi connectivity index (χ0) is 12.1. The van der Waals surface area contributed by atoms with Crippen LogP contribution in [-0.4, -0.2) is 18.7 Å². The van der Waals surface area contributed by atoms with Crippen LogP contribution in [0.2, 0.25) is 5.02 Å². The second kappa shape index (κ2) is 5.74. The number of ether oxygens (including phenoxy) is 1. The SMILES string of the molecule is CCNCCC1(Oc2ccccc2Cl)CCC1. The van der Waals surface area contributed by atoms with Crippen LogP contribution in [0.15, 0.2) is 24.3 Å². The molecule has 0 bridgehead atoms. The van der Waals surface area contributed by atoms with Crippen LogP contribution >= 0.6 is 11.6 Å². The minimum absolute atomic E-state index is 0.0210. The molecule has 0 spiro atoms. The predicted octanol–water partition coefficient (Wildman–Crippen LogP) is 3.64. The molecule has 1 fully saturated rings. The highest BCUT2D eigenvalue weighted by atomic mass is 35.5. The van der Waals surface area contributed by atoms with E-state index in [2.05, 4.69) is 12.2 Å². The minimum Gasteiger partial charge on any atom is -0.486 e. The van der Waals surface area contributed by atoms with Crippen LogP contribution in [0.25, 0.3) is 0 Å². The Morgan fingerprint density at radius 3 is 2.71 bits per heavy atom. The van der Waals surface area contributed by atoms with Crippen LogP contribution in [0.3, 0.4) is 0 Å². The molecule has 0 atom stereocenters. The molecule has 94 valence electrons. The Balaban J connectivity index is 1.97. The Morgan fingerprint density at radius 1 is 1.35 bits per heavy atom. The summed E-state index contributed by atoms with van der Waals surface area (Å²) in [6, 6.07) is 7.74. The number of hydrogen-bond donors (Lipinski definition) is 1. The van der Waals surface area contributed by atoms with Gasteiger partial charge < -0.3 is 10.1 Å². The van der Waals surface area contributed by atoms with Crippen molar-refractivity contribution in [3.63, 3.8) is 0 Å². The van der Waals surface area contributed by atoms with E-state index < -0.39 is 0 Å². The molecule has 1 aliphatic carbocycles. The molecular formula is C14H20ClNO. The van der Waals surface area contributed by atoms with Gasteiger partial charge in [0.1, 0.15) is 11.4 Å². The van der Waals surface area contributed by atoms with E-state index in [0.717, 1.165) is 38.1 Å². The topological polar surface area (TPSA) is 21.3 Å². The average molecular weight is 254 g/mol. The summed E-state index contributed by atoms with van der Waals surface area (Å²) in [5, 5.41) is 4.07. The quantitative estimate of drug-likeness (QED) is 0.782. The molecule has 1 saturated carbocycles. The monoisotopic (exact) mass is 253 g/mol. The molecule has 17 heavy (non-hydrogen) atoms.